The van der Waals surface area contributed by atoms with Crippen LogP contribution in [0.25, 0.3) is 0 Å². The van der Waals surface area contributed by atoms with Gasteiger partial charge in [0.15, 0.2) is 0 Å². The maximum Gasteiger partial charge on any atom is 0.142 e. The van der Waals surface area contributed by atoms with Crippen LogP contribution in [0.4, 0.5) is 4.39 Å². The Labute approximate surface area is 111 Å². The highest BCUT2D eigenvalue weighted by molar-refractivity contribution is 6.31. The summed E-state index contributed by atoms with van der Waals surface area (Å²) in [6.45, 7) is 0. The van der Waals surface area contributed by atoms with Crippen molar-refractivity contribution in [1.29, 1.82) is 0 Å². The molecule has 1 atom stereocenters. The van der Waals surface area contributed by atoms with Crippen molar-refractivity contribution in [3.63, 3.8) is 0 Å². The Morgan fingerprint density at radius 3 is 2.83 bits per heavy atom. The molecule has 1 unspecified atom stereocenters. The van der Waals surface area contributed by atoms with Gasteiger partial charge in [0.2, 0.25) is 0 Å². The van der Waals surface area contributed by atoms with Gasteiger partial charge in [-0.3, -0.25) is 4.98 Å². The maximum absolute atomic E-state index is 13.4. The van der Waals surface area contributed by atoms with Gasteiger partial charge in [-0.15, -0.1) is 0 Å². The van der Waals surface area contributed by atoms with Gasteiger partial charge in [0.25, 0.3) is 0 Å². The molecule has 18 heavy (non-hydrogen) atoms. The fraction of sp³-hybridized carbons (Fsp3) is 0.214. The van der Waals surface area contributed by atoms with E-state index in [4.69, 9.17) is 11.6 Å². The van der Waals surface area contributed by atoms with E-state index < -0.39 is 0 Å². The lowest BCUT2D eigenvalue weighted by Crippen LogP contribution is -2.19. The molecular formula is C14H14ClFN2. The van der Waals surface area contributed by atoms with Crippen LogP contribution in [0.1, 0.15) is 17.2 Å². The zero-order valence-electron chi connectivity index (χ0n) is 10.0. The van der Waals surface area contributed by atoms with Crippen LogP contribution in [0.3, 0.4) is 0 Å². The molecule has 0 aliphatic heterocycles. The summed E-state index contributed by atoms with van der Waals surface area (Å²) in [5.74, 6) is -0.379. The Hall–Kier alpha value is -1.45. The fourth-order valence-electron chi connectivity index (χ4n) is 1.89. The molecule has 2 aromatic rings. The third kappa shape index (κ3) is 2.86. The Balaban J connectivity index is 2.24. The van der Waals surface area contributed by atoms with Gasteiger partial charge < -0.3 is 5.32 Å². The van der Waals surface area contributed by atoms with Gasteiger partial charge in [-0.25, -0.2) is 4.39 Å². The van der Waals surface area contributed by atoms with E-state index in [2.05, 4.69) is 10.3 Å². The molecule has 2 rings (SSSR count). The molecule has 2 nitrogen and oxygen atoms in total. The van der Waals surface area contributed by atoms with Gasteiger partial charge in [0.1, 0.15) is 5.82 Å². The van der Waals surface area contributed by atoms with Crippen LogP contribution < -0.4 is 5.32 Å². The summed E-state index contributed by atoms with van der Waals surface area (Å²) in [5, 5.41) is 3.39. The van der Waals surface area contributed by atoms with E-state index in [0.717, 1.165) is 11.1 Å². The summed E-state index contributed by atoms with van der Waals surface area (Å²) in [7, 11) is 1.87. The molecule has 1 N–H and O–H groups in total. The van der Waals surface area contributed by atoms with Gasteiger partial charge in [-0.05, 0) is 36.7 Å². The average molecular weight is 265 g/mol. The van der Waals surface area contributed by atoms with Crippen LogP contribution in [-0.2, 0) is 6.42 Å². The second-order valence-corrected chi connectivity index (χ2v) is 4.42. The molecule has 0 bridgehead atoms. The van der Waals surface area contributed by atoms with Crippen molar-refractivity contribution in [2.45, 2.75) is 12.5 Å². The normalized spacial score (nSPS) is 12.4. The summed E-state index contributed by atoms with van der Waals surface area (Å²) in [6.07, 6.45) is 4.15. The predicted molar refractivity (Wildman–Crippen MR) is 71.2 cm³/mol. The second-order valence-electron chi connectivity index (χ2n) is 4.04. The second kappa shape index (κ2) is 5.94. The molecule has 0 aliphatic carbocycles. The van der Waals surface area contributed by atoms with Crippen LogP contribution in [0.2, 0.25) is 5.02 Å². The summed E-state index contributed by atoms with van der Waals surface area (Å²) < 4.78 is 13.4. The molecular weight excluding hydrogens is 251 g/mol. The first kappa shape index (κ1) is 13.0. The van der Waals surface area contributed by atoms with E-state index in [1.54, 1.807) is 18.5 Å². The molecule has 0 spiro atoms. The molecule has 0 fully saturated rings. The molecule has 1 aromatic heterocycles. The molecule has 94 valence electrons. The van der Waals surface area contributed by atoms with Crippen LogP contribution in [0, 0.1) is 5.82 Å². The Kier molecular flexibility index (Phi) is 4.28. The first-order valence-electron chi connectivity index (χ1n) is 5.72. The number of hydrogen-bond donors (Lipinski definition) is 1. The third-order valence-corrected chi connectivity index (χ3v) is 3.31. The molecule has 0 saturated heterocycles. The topological polar surface area (TPSA) is 24.9 Å². The minimum atomic E-state index is -0.379. The third-order valence-electron chi connectivity index (χ3n) is 2.89. The summed E-state index contributed by atoms with van der Waals surface area (Å²) >= 11 is 5.96. The summed E-state index contributed by atoms with van der Waals surface area (Å²) in [6, 6.07) is 8.81. The summed E-state index contributed by atoms with van der Waals surface area (Å²) in [5.41, 5.74) is 1.85. The Bertz CT molecular complexity index is 516. The van der Waals surface area contributed by atoms with Crippen LogP contribution in [0.5, 0.6) is 0 Å². The lowest BCUT2D eigenvalue weighted by molar-refractivity contribution is 0.583. The zero-order valence-corrected chi connectivity index (χ0v) is 10.8. The van der Waals surface area contributed by atoms with Crippen molar-refractivity contribution >= 4 is 11.6 Å². The minimum Gasteiger partial charge on any atom is -0.313 e. The van der Waals surface area contributed by atoms with Gasteiger partial charge in [-0.1, -0.05) is 29.8 Å². The van der Waals surface area contributed by atoms with Crippen molar-refractivity contribution in [3.05, 3.63) is 64.7 Å². The van der Waals surface area contributed by atoms with Gasteiger partial charge in [0, 0.05) is 18.4 Å². The van der Waals surface area contributed by atoms with E-state index in [1.807, 2.05) is 25.2 Å². The van der Waals surface area contributed by atoms with E-state index >= 15 is 0 Å². The Morgan fingerprint density at radius 2 is 2.17 bits per heavy atom. The standard InChI is InChI=1S/C14H14ClFN2/c1-17-13(11-5-3-7-18-9-11)8-10-4-2-6-12(16)14(10)15/h2-7,9,13,17H,8H2,1H3. The molecule has 0 radical (unpaired) electrons. The van der Waals surface area contributed by atoms with Crippen LogP contribution >= 0.6 is 11.6 Å². The van der Waals surface area contributed by atoms with Gasteiger partial charge >= 0.3 is 0 Å². The SMILES string of the molecule is CNC(Cc1cccc(F)c1Cl)c1cccnc1. The van der Waals surface area contributed by atoms with Crippen molar-refractivity contribution in [2.75, 3.05) is 7.05 Å². The number of benzene rings is 1. The average Bonchev–Trinajstić information content (AvgIpc) is 2.41. The lowest BCUT2D eigenvalue weighted by Gasteiger charge is -2.17. The highest BCUT2D eigenvalue weighted by Crippen LogP contribution is 2.25. The van der Waals surface area contributed by atoms with Crippen molar-refractivity contribution < 1.29 is 4.39 Å². The van der Waals surface area contributed by atoms with Gasteiger partial charge in [0.05, 0.1) is 5.02 Å². The largest absolute Gasteiger partial charge is 0.313 e. The predicted octanol–water partition coefficient (Wildman–Crippen LogP) is 3.38. The molecule has 1 aromatic carbocycles. The highest BCUT2D eigenvalue weighted by atomic mass is 35.5. The number of likely N-dealkylation sites (N-methyl/N-ethyl adjacent to an activating group) is 1. The van der Waals surface area contributed by atoms with E-state index in [0.29, 0.717) is 6.42 Å². The molecule has 0 aliphatic rings. The van der Waals surface area contributed by atoms with Gasteiger partial charge in [-0.2, -0.15) is 0 Å². The highest BCUT2D eigenvalue weighted by Gasteiger charge is 2.13. The van der Waals surface area contributed by atoms with Crippen molar-refractivity contribution in [3.8, 4) is 0 Å². The van der Waals surface area contributed by atoms with E-state index in [1.165, 1.54) is 6.07 Å². The number of pyridine rings is 1. The van der Waals surface area contributed by atoms with Crippen molar-refractivity contribution in [1.82, 2.24) is 10.3 Å². The van der Waals surface area contributed by atoms with E-state index in [9.17, 15) is 4.39 Å². The number of aromatic nitrogens is 1. The van der Waals surface area contributed by atoms with Crippen molar-refractivity contribution in [2.24, 2.45) is 0 Å². The maximum atomic E-state index is 13.4. The number of rotatable bonds is 4. The van der Waals surface area contributed by atoms with Crippen LogP contribution in [0.15, 0.2) is 42.7 Å². The summed E-state index contributed by atoms with van der Waals surface area (Å²) in [4.78, 5) is 4.09. The number of hydrogen-bond acceptors (Lipinski definition) is 2. The number of nitrogens with one attached hydrogen (secondary N) is 1. The first-order chi connectivity index (χ1) is 8.72. The lowest BCUT2D eigenvalue weighted by atomic mass is 10.0. The molecule has 4 heteroatoms. The molecule has 0 amide bonds. The van der Waals surface area contributed by atoms with E-state index in [-0.39, 0.29) is 16.9 Å². The zero-order chi connectivity index (χ0) is 13.0. The minimum absolute atomic E-state index is 0.0676. The molecule has 1 heterocycles. The first-order valence-corrected chi connectivity index (χ1v) is 6.10. The quantitative estimate of drug-likeness (QED) is 0.916. The number of nitrogens with zero attached hydrogens (tertiary/aromatic N) is 1. The molecule has 0 saturated carbocycles. The monoisotopic (exact) mass is 264 g/mol. The Morgan fingerprint density at radius 1 is 1.33 bits per heavy atom. The fourth-order valence-corrected chi connectivity index (χ4v) is 2.10. The number of halogens is 2. The van der Waals surface area contributed by atoms with Crippen LogP contribution in [-0.4, -0.2) is 12.0 Å². The smallest absolute Gasteiger partial charge is 0.142 e.